The van der Waals surface area contributed by atoms with Crippen molar-refractivity contribution in [1.82, 2.24) is 20.2 Å². The predicted molar refractivity (Wildman–Crippen MR) is 81.4 cm³/mol. The second kappa shape index (κ2) is 7.87. The Morgan fingerprint density at radius 1 is 1.09 bits per heavy atom. The number of rotatable bonds is 6. The summed E-state index contributed by atoms with van der Waals surface area (Å²) < 4.78 is 0. The largest absolute Gasteiger partial charge is 0.350 e. The Morgan fingerprint density at radius 3 is 2.27 bits per heavy atom. The van der Waals surface area contributed by atoms with Gasteiger partial charge in [0.25, 0.3) is 0 Å². The summed E-state index contributed by atoms with van der Waals surface area (Å²) in [6.45, 7) is 2.23. The number of hydrogen-bond acceptors (Lipinski definition) is 4. The number of aromatic nitrogens is 2. The molecule has 2 rings (SSSR count). The second-order valence-corrected chi connectivity index (χ2v) is 4.87. The molecule has 0 aliphatic rings. The number of carbonyl (C=O) groups is 2. The van der Waals surface area contributed by atoms with Gasteiger partial charge in [0.05, 0.1) is 6.54 Å². The molecule has 22 heavy (non-hydrogen) atoms. The molecule has 0 saturated carbocycles. The van der Waals surface area contributed by atoms with E-state index in [4.69, 9.17) is 0 Å². The Balaban J connectivity index is 1.88. The van der Waals surface area contributed by atoms with E-state index in [1.807, 2.05) is 18.2 Å². The van der Waals surface area contributed by atoms with Crippen LogP contribution in [0.5, 0.6) is 0 Å². The molecule has 0 saturated heterocycles. The first-order valence-corrected chi connectivity index (χ1v) is 6.95. The highest BCUT2D eigenvalue weighted by molar-refractivity contribution is 5.83. The molecule has 2 amide bonds. The molecule has 1 N–H and O–H groups in total. The van der Waals surface area contributed by atoms with Crippen molar-refractivity contribution in [3.63, 3.8) is 0 Å². The van der Waals surface area contributed by atoms with Gasteiger partial charge in [-0.3, -0.25) is 19.6 Å². The van der Waals surface area contributed by atoms with Gasteiger partial charge in [-0.1, -0.05) is 12.1 Å². The van der Waals surface area contributed by atoms with Crippen LogP contribution in [0.15, 0.2) is 49.1 Å². The number of carbonyl (C=O) groups excluding carboxylic acids is 2. The summed E-state index contributed by atoms with van der Waals surface area (Å²) in [6.07, 6.45) is 6.72. The predicted octanol–water partition coefficient (Wildman–Crippen LogP) is 1.14. The summed E-state index contributed by atoms with van der Waals surface area (Å²) in [5.74, 6) is -0.358. The van der Waals surface area contributed by atoms with Crippen LogP contribution < -0.4 is 5.32 Å². The Labute approximate surface area is 129 Å². The molecular weight excluding hydrogens is 280 g/mol. The van der Waals surface area contributed by atoms with Crippen molar-refractivity contribution in [3.8, 4) is 0 Å². The van der Waals surface area contributed by atoms with Crippen molar-refractivity contribution in [2.45, 2.75) is 20.0 Å². The standard InChI is InChI=1S/C16H18N4O2/c1-13(21)20(11-15-5-3-7-18-9-15)12-16(22)19-10-14-4-2-6-17-8-14/h2-9H,10-12H2,1H3,(H,19,22). The molecule has 2 aromatic heterocycles. The minimum absolute atomic E-state index is 0.0183. The summed E-state index contributed by atoms with van der Waals surface area (Å²) in [4.78, 5) is 33.1. The monoisotopic (exact) mass is 298 g/mol. The minimum atomic E-state index is -0.206. The quantitative estimate of drug-likeness (QED) is 0.868. The molecular formula is C16H18N4O2. The van der Waals surface area contributed by atoms with Gasteiger partial charge >= 0.3 is 0 Å². The number of amides is 2. The van der Waals surface area contributed by atoms with Crippen LogP contribution in [0.25, 0.3) is 0 Å². The van der Waals surface area contributed by atoms with E-state index in [-0.39, 0.29) is 18.4 Å². The summed E-state index contributed by atoms with van der Waals surface area (Å²) in [5.41, 5.74) is 1.80. The highest BCUT2D eigenvalue weighted by Gasteiger charge is 2.14. The lowest BCUT2D eigenvalue weighted by atomic mass is 10.2. The third kappa shape index (κ3) is 4.97. The molecule has 0 radical (unpaired) electrons. The number of hydrogen-bond donors (Lipinski definition) is 1. The number of nitrogens with zero attached hydrogens (tertiary/aromatic N) is 3. The van der Waals surface area contributed by atoms with Crippen molar-refractivity contribution in [1.29, 1.82) is 0 Å². The number of nitrogens with one attached hydrogen (secondary N) is 1. The molecule has 0 aliphatic heterocycles. The van der Waals surface area contributed by atoms with Crippen molar-refractivity contribution in [3.05, 3.63) is 60.2 Å². The SMILES string of the molecule is CC(=O)N(CC(=O)NCc1cccnc1)Cc1cccnc1. The maximum atomic E-state index is 12.0. The Hall–Kier alpha value is -2.76. The zero-order valence-corrected chi connectivity index (χ0v) is 12.4. The zero-order valence-electron chi connectivity index (χ0n) is 12.4. The van der Waals surface area contributed by atoms with Gasteiger partial charge in [0.1, 0.15) is 0 Å². The van der Waals surface area contributed by atoms with Crippen LogP contribution in [0.2, 0.25) is 0 Å². The molecule has 0 atom stereocenters. The Bertz CT molecular complexity index is 617. The first-order chi connectivity index (χ1) is 10.6. The van der Waals surface area contributed by atoms with Crippen LogP contribution in [-0.4, -0.2) is 33.2 Å². The molecule has 0 unspecified atom stereocenters. The lowest BCUT2D eigenvalue weighted by molar-refractivity contribution is -0.135. The van der Waals surface area contributed by atoms with Gasteiger partial charge in [-0.05, 0) is 23.3 Å². The van der Waals surface area contributed by atoms with Crippen molar-refractivity contribution in [2.75, 3.05) is 6.54 Å². The van der Waals surface area contributed by atoms with Crippen LogP contribution in [0.4, 0.5) is 0 Å². The molecule has 2 aromatic rings. The molecule has 2 heterocycles. The van der Waals surface area contributed by atoms with E-state index < -0.39 is 0 Å². The number of pyridine rings is 2. The average molecular weight is 298 g/mol. The summed E-state index contributed by atoms with van der Waals surface area (Å²) in [5, 5.41) is 2.78. The molecule has 6 heteroatoms. The fraction of sp³-hybridized carbons (Fsp3) is 0.250. The summed E-state index contributed by atoms with van der Waals surface area (Å²) in [6, 6.07) is 7.37. The van der Waals surface area contributed by atoms with Gasteiger partial charge in [0.2, 0.25) is 11.8 Å². The summed E-state index contributed by atoms with van der Waals surface area (Å²) >= 11 is 0. The van der Waals surface area contributed by atoms with Gasteiger partial charge in [-0.15, -0.1) is 0 Å². The van der Waals surface area contributed by atoms with E-state index in [1.54, 1.807) is 30.9 Å². The third-order valence-corrected chi connectivity index (χ3v) is 3.09. The Morgan fingerprint density at radius 2 is 1.73 bits per heavy atom. The first kappa shape index (κ1) is 15.6. The Kier molecular flexibility index (Phi) is 5.59. The summed E-state index contributed by atoms with van der Waals surface area (Å²) in [7, 11) is 0. The average Bonchev–Trinajstić information content (AvgIpc) is 2.54. The highest BCUT2D eigenvalue weighted by atomic mass is 16.2. The van der Waals surface area contributed by atoms with Gasteiger partial charge in [-0.2, -0.15) is 0 Å². The second-order valence-electron chi connectivity index (χ2n) is 4.87. The van der Waals surface area contributed by atoms with Gasteiger partial charge in [0, 0.05) is 44.8 Å². The van der Waals surface area contributed by atoms with E-state index in [0.29, 0.717) is 13.1 Å². The molecule has 0 bridgehead atoms. The van der Waals surface area contributed by atoms with Gasteiger partial charge in [-0.25, -0.2) is 0 Å². The van der Waals surface area contributed by atoms with Crippen molar-refractivity contribution >= 4 is 11.8 Å². The van der Waals surface area contributed by atoms with E-state index in [9.17, 15) is 9.59 Å². The lowest BCUT2D eigenvalue weighted by Gasteiger charge is -2.20. The van der Waals surface area contributed by atoms with Crippen LogP contribution in [-0.2, 0) is 22.7 Å². The van der Waals surface area contributed by atoms with Crippen LogP contribution in [0.3, 0.4) is 0 Å². The van der Waals surface area contributed by atoms with Crippen LogP contribution >= 0.6 is 0 Å². The van der Waals surface area contributed by atoms with Gasteiger partial charge in [0.15, 0.2) is 0 Å². The zero-order chi connectivity index (χ0) is 15.8. The molecule has 0 fully saturated rings. The molecule has 0 aromatic carbocycles. The fourth-order valence-electron chi connectivity index (χ4n) is 1.92. The van der Waals surface area contributed by atoms with Gasteiger partial charge < -0.3 is 10.2 Å². The highest BCUT2D eigenvalue weighted by Crippen LogP contribution is 2.03. The maximum Gasteiger partial charge on any atom is 0.239 e. The van der Waals surface area contributed by atoms with E-state index in [0.717, 1.165) is 11.1 Å². The lowest BCUT2D eigenvalue weighted by Crippen LogP contribution is -2.39. The smallest absolute Gasteiger partial charge is 0.239 e. The maximum absolute atomic E-state index is 12.0. The van der Waals surface area contributed by atoms with Crippen molar-refractivity contribution in [2.24, 2.45) is 0 Å². The molecule has 114 valence electrons. The fourth-order valence-corrected chi connectivity index (χ4v) is 1.92. The van der Waals surface area contributed by atoms with E-state index in [2.05, 4.69) is 15.3 Å². The van der Waals surface area contributed by atoms with E-state index >= 15 is 0 Å². The normalized spacial score (nSPS) is 10.0. The van der Waals surface area contributed by atoms with Crippen LogP contribution in [0, 0.1) is 0 Å². The molecule has 0 aliphatic carbocycles. The van der Waals surface area contributed by atoms with E-state index in [1.165, 1.54) is 11.8 Å². The van der Waals surface area contributed by atoms with Crippen molar-refractivity contribution < 1.29 is 9.59 Å². The third-order valence-electron chi connectivity index (χ3n) is 3.09. The molecule has 0 spiro atoms. The van der Waals surface area contributed by atoms with Crippen LogP contribution in [0.1, 0.15) is 18.1 Å². The molecule has 6 nitrogen and oxygen atoms in total. The minimum Gasteiger partial charge on any atom is -0.350 e. The first-order valence-electron chi connectivity index (χ1n) is 6.95. The topological polar surface area (TPSA) is 75.2 Å².